The van der Waals surface area contributed by atoms with E-state index in [1.54, 1.807) is 0 Å². The average molecular weight is 254 g/mol. The van der Waals surface area contributed by atoms with Crippen molar-refractivity contribution in [2.24, 2.45) is 5.92 Å². The zero-order valence-corrected chi connectivity index (χ0v) is 10.2. The lowest BCUT2D eigenvalue weighted by Crippen LogP contribution is -2.15. The number of ether oxygens (including phenoxy) is 2. The van der Waals surface area contributed by atoms with Gasteiger partial charge in [0.25, 0.3) is 0 Å². The molecule has 5 heteroatoms. The normalized spacial score (nSPS) is 27.1. The van der Waals surface area contributed by atoms with Gasteiger partial charge in [-0.25, -0.2) is 4.21 Å². The van der Waals surface area contributed by atoms with Crippen molar-refractivity contribution in [3.63, 3.8) is 0 Å². The maximum absolute atomic E-state index is 11.1. The van der Waals surface area contributed by atoms with Gasteiger partial charge in [-0.15, -0.1) is 0 Å². The number of benzene rings is 1. The lowest BCUT2D eigenvalue weighted by atomic mass is 10.0. The van der Waals surface area contributed by atoms with E-state index in [0.717, 1.165) is 17.9 Å². The Morgan fingerprint density at radius 1 is 1.24 bits per heavy atom. The Labute approximate surface area is 103 Å². The SMILES string of the molecule is O=S1C[C@@H](Cc2ccc3c(c2)OCCO3)CO1. The minimum absolute atomic E-state index is 0.346. The molecule has 1 saturated heterocycles. The van der Waals surface area contributed by atoms with Gasteiger partial charge in [-0.05, 0) is 24.1 Å². The third-order valence-electron chi connectivity index (χ3n) is 2.94. The largest absolute Gasteiger partial charge is 0.486 e. The number of hydrogen-bond acceptors (Lipinski definition) is 4. The highest BCUT2D eigenvalue weighted by Gasteiger charge is 2.23. The molecule has 2 atom stereocenters. The first-order valence-electron chi connectivity index (χ1n) is 5.71. The van der Waals surface area contributed by atoms with Crippen molar-refractivity contribution >= 4 is 11.1 Å². The van der Waals surface area contributed by atoms with Crippen LogP contribution in [0.1, 0.15) is 5.56 Å². The summed E-state index contributed by atoms with van der Waals surface area (Å²) in [7, 11) is 0. The van der Waals surface area contributed by atoms with Crippen LogP contribution in [0, 0.1) is 5.92 Å². The van der Waals surface area contributed by atoms with Crippen LogP contribution in [0.4, 0.5) is 0 Å². The minimum Gasteiger partial charge on any atom is -0.486 e. The molecule has 3 rings (SSSR count). The first-order valence-corrected chi connectivity index (χ1v) is 6.96. The molecule has 1 aromatic rings. The molecular formula is C12H14O4S. The van der Waals surface area contributed by atoms with Gasteiger partial charge < -0.3 is 9.47 Å². The molecule has 17 heavy (non-hydrogen) atoms. The zero-order chi connectivity index (χ0) is 11.7. The Bertz CT molecular complexity index is 446. The van der Waals surface area contributed by atoms with Crippen molar-refractivity contribution in [1.82, 2.24) is 0 Å². The Balaban J connectivity index is 1.73. The second-order valence-electron chi connectivity index (χ2n) is 4.30. The second kappa shape index (κ2) is 4.66. The quantitative estimate of drug-likeness (QED) is 0.798. The standard InChI is InChI=1S/C12H14O4S/c13-17-8-10(7-16-17)5-9-1-2-11-12(6-9)15-4-3-14-11/h1-2,6,10H,3-5,7-8H2/t10-,17?/m0/s1. The summed E-state index contributed by atoms with van der Waals surface area (Å²) < 4.78 is 27.2. The van der Waals surface area contributed by atoms with E-state index in [1.807, 2.05) is 18.2 Å². The number of rotatable bonds is 2. The van der Waals surface area contributed by atoms with E-state index < -0.39 is 11.1 Å². The molecule has 0 bridgehead atoms. The molecule has 1 aromatic carbocycles. The van der Waals surface area contributed by atoms with Gasteiger partial charge in [0.2, 0.25) is 0 Å². The first-order chi connectivity index (χ1) is 8.31. The fourth-order valence-corrected chi connectivity index (χ4v) is 3.17. The summed E-state index contributed by atoms with van der Waals surface area (Å²) in [6.07, 6.45) is 0.877. The molecule has 2 aliphatic rings. The zero-order valence-electron chi connectivity index (χ0n) is 9.39. The van der Waals surface area contributed by atoms with Crippen LogP contribution in [0.5, 0.6) is 11.5 Å². The summed E-state index contributed by atoms with van der Waals surface area (Å²) in [4.78, 5) is 0. The summed E-state index contributed by atoms with van der Waals surface area (Å²) in [5.74, 6) is 2.60. The van der Waals surface area contributed by atoms with Gasteiger partial charge in [-0.1, -0.05) is 6.07 Å². The van der Waals surface area contributed by atoms with E-state index in [4.69, 9.17) is 13.7 Å². The molecule has 1 fully saturated rings. The summed E-state index contributed by atoms with van der Waals surface area (Å²) in [5, 5.41) is 0. The molecule has 4 nitrogen and oxygen atoms in total. The van der Waals surface area contributed by atoms with E-state index in [-0.39, 0.29) is 0 Å². The maximum atomic E-state index is 11.1. The molecule has 92 valence electrons. The fraction of sp³-hybridized carbons (Fsp3) is 0.500. The summed E-state index contributed by atoms with van der Waals surface area (Å²) in [6.45, 7) is 1.80. The summed E-state index contributed by atoms with van der Waals surface area (Å²) in [6, 6.07) is 5.99. The molecule has 0 saturated carbocycles. The van der Waals surface area contributed by atoms with Gasteiger partial charge in [-0.2, -0.15) is 0 Å². The third-order valence-corrected chi connectivity index (χ3v) is 4.08. The highest BCUT2D eigenvalue weighted by atomic mass is 32.2. The van der Waals surface area contributed by atoms with E-state index in [1.165, 1.54) is 5.56 Å². The monoisotopic (exact) mass is 254 g/mol. The van der Waals surface area contributed by atoms with E-state index >= 15 is 0 Å². The third kappa shape index (κ3) is 2.45. The van der Waals surface area contributed by atoms with Crippen molar-refractivity contribution < 1.29 is 17.9 Å². The average Bonchev–Trinajstić information content (AvgIpc) is 2.75. The molecule has 0 aromatic heterocycles. The summed E-state index contributed by atoms with van der Waals surface area (Å²) >= 11 is -1.08. The van der Waals surface area contributed by atoms with Crippen LogP contribution >= 0.6 is 0 Å². The van der Waals surface area contributed by atoms with Gasteiger partial charge in [0.05, 0.1) is 12.4 Å². The fourth-order valence-electron chi connectivity index (χ4n) is 2.13. The van der Waals surface area contributed by atoms with Crippen molar-refractivity contribution in [2.45, 2.75) is 6.42 Å². The lowest BCUT2D eigenvalue weighted by molar-refractivity contribution is 0.171. The molecule has 0 amide bonds. The predicted molar refractivity (Wildman–Crippen MR) is 63.6 cm³/mol. The van der Waals surface area contributed by atoms with Crippen LogP contribution in [0.2, 0.25) is 0 Å². The predicted octanol–water partition coefficient (Wildman–Crippen LogP) is 1.31. The van der Waals surface area contributed by atoms with Crippen LogP contribution in [-0.2, 0) is 21.7 Å². The minimum atomic E-state index is -1.08. The van der Waals surface area contributed by atoms with Crippen LogP contribution in [0.3, 0.4) is 0 Å². The summed E-state index contributed by atoms with van der Waals surface area (Å²) in [5.41, 5.74) is 1.18. The highest BCUT2D eigenvalue weighted by Crippen LogP contribution is 2.31. The van der Waals surface area contributed by atoms with E-state index in [0.29, 0.717) is 31.5 Å². The smallest absolute Gasteiger partial charge is 0.161 e. The Hall–Kier alpha value is -1.07. The van der Waals surface area contributed by atoms with Crippen molar-refractivity contribution in [3.05, 3.63) is 23.8 Å². The Morgan fingerprint density at radius 3 is 2.82 bits per heavy atom. The topological polar surface area (TPSA) is 44.8 Å². The van der Waals surface area contributed by atoms with Gasteiger partial charge in [0, 0.05) is 5.92 Å². The van der Waals surface area contributed by atoms with Crippen LogP contribution in [0.15, 0.2) is 18.2 Å². The van der Waals surface area contributed by atoms with Crippen molar-refractivity contribution in [2.75, 3.05) is 25.6 Å². The van der Waals surface area contributed by atoms with E-state index in [9.17, 15) is 4.21 Å². The van der Waals surface area contributed by atoms with Crippen LogP contribution in [0.25, 0.3) is 0 Å². The van der Waals surface area contributed by atoms with Crippen LogP contribution in [-0.4, -0.2) is 29.8 Å². The maximum Gasteiger partial charge on any atom is 0.161 e. The van der Waals surface area contributed by atoms with Gasteiger partial charge in [0.1, 0.15) is 13.2 Å². The molecule has 1 unspecified atom stereocenters. The van der Waals surface area contributed by atoms with Gasteiger partial charge >= 0.3 is 0 Å². The van der Waals surface area contributed by atoms with Gasteiger partial charge in [0.15, 0.2) is 22.6 Å². The molecular weight excluding hydrogens is 240 g/mol. The van der Waals surface area contributed by atoms with Crippen molar-refractivity contribution in [3.8, 4) is 11.5 Å². The molecule has 0 aliphatic carbocycles. The molecule has 2 heterocycles. The molecule has 2 aliphatic heterocycles. The van der Waals surface area contributed by atoms with Crippen LogP contribution < -0.4 is 9.47 Å². The molecule has 0 radical (unpaired) electrons. The Morgan fingerprint density at radius 2 is 2.06 bits per heavy atom. The molecule has 0 N–H and O–H groups in total. The van der Waals surface area contributed by atoms with Gasteiger partial charge in [-0.3, -0.25) is 4.18 Å². The lowest BCUT2D eigenvalue weighted by Gasteiger charge is -2.19. The van der Waals surface area contributed by atoms with E-state index in [2.05, 4.69) is 0 Å². The number of fused-ring (bicyclic) bond motifs is 1. The highest BCUT2D eigenvalue weighted by molar-refractivity contribution is 7.80. The second-order valence-corrected chi connectivity index (χ2v) is 5.48. The number of hydrogen-bond donors (Lipinski definition) is 0. The van der Waals surface area contributed by atoms with Crippen molar-refractivity contribution in [1.29, 1.82) is 0 Å². The molecule has 0 spiro atoms. The first kappa shape index (κ1) is 11.0. The Kier molecular flexibility index (Phi) is 3.03.